The van der Waals surface area contributed by atoms with Crippen molar-refractivity contribution in [3.05, 3.63) is 0 Å². The molecule has 0 bridgehead atoms. The summed E-state index contributed by atoms with van der Waals surface area (Å²) >= 11 is 0. The van der Waals surface area contributed by atoms with Crippen molar-refractivity contribution in [3.63, 3.8) is 0 Å². The average Bonchev–Trinajstić information content (AvgIpc) is 2.61. The van der Waals surface area contributed by atoms with E-state index in [0.717, 1.165) is 12.0 Å². The van der Waals surface area contributed by atoms with Crippen LogP contribution >= 0.6 is 0 Å². The van der Waals surface area contributed by atoms with Crippen molar-refractivity contribution >= 4 is 0 Å². The number of nitrogens with one attached hydrogen (secondary N) is 1. The molecule has 1 N–H and O–H groups in total. The first-order chi connectivity index (χ1) is 7.26. The lowest BCUT2D eigenvalue weighted by Crippen LogP contribution is -2.34. The SMILES string of the molecule is CCCC(CCC)NCC1CCN(C)C1. The lowest BCUT2D eigenvalue weighted by atomic mass is 10.0. The smallest absolute Gasteiger partial charge is 0.00669 e. The molecule has 0 aromatic carbocycles. The highest BCUT2D eigenvalue weighted by atomic mass is 15.1. The fraction of sp³-hybridized carbons (Fsp3) is 1.00. The van der Waals surface area contributed by atoms with E-state index in [-0.39, 0.29) is 0 Å². The standard InChI is InChI=1S/C13H28N2/c1-4-6-13(7-5-2)14-10-12-8-9-15(3)11-12/h12-14H,4-11H2,1-3H3. The van der Waals surface area contributed by atoms with Crippen LogP contribution in [-0.2, 0) is 0 Å². The lowest BCUT2D eigenvalue weighted by molar-refractivity contribution is 0.365. The van der Waals surface area contributed by atoms with Crippen molar-refractivity contribution in [1.29, 1.82) is 0 Å². The molecule has 1 rings (SSSR count). The molecule has 1 aliphatic heterocycles. The molecule has 0 aliphatic carbocycles. The van der Waals surface area contributed by atoms with Gasteiger partial charge in [-0.1, -0.05) is 26.7 Å². The first-order valence-electron chi connectivity index (χ1n) is 6.68. The quantitative estimate of drug-likeness (QED) is 0.697. The molecule has 1 atom stereocenters. The Morgan fingerprint density at radius 2 is 1.93 bits per heavy atom. The molecule has 0 aromatic rings. The molecule has 0 spiro atoms. The number of hydrogen-bond donors (Lipinski definition) is 1. The van der Waals surface area contributed by atoms with Crippen LogP contribution in [0.15, 0.2) is 0 Å². The van der Waals surface area contributed by atoms with Crippen molar-refractivity contribution in [2.45, 2.75) is 52.0 Å². The largest absolute Gasteiger partial charge is 0.314 e. The number of rotatable bonds is 7. The van der Waals surface area contributed by atoms with Gasteiger partial charge in [-0.25, -0.2) is 0 Å². The van der Waals surface area contributed by atoms with Gasteiger partial charge in [0.1, 0.15) is 0 Å². The number of nitrogens with zero attached hydrogens (tertiary/aromatic N) is 1. The lowest BCUT2D eigenvalue weighted by Gasteiger charge is -2.20. The van der Waals surface area contributed by atoms with Crippen LogP contribution in [0.3, 0.4) is 0 Å². The van der Waals surface area contributed by atoms with Crippen LogP contribution in [0.25, 0.3) is 0 Å². The molecule has 2 heteroatoms. The molecule has 0 saturated carbocycles. The zero-order chi connectivity index (χ0) is 11.1. The van der Waals surface area contributed by atoms with Crippen LogP contribution in [0.5, 0.6) is 0 Å². The van der Waals surface area contributed by atoms with Gasteiger partial charge in [0.05, 0.1) is 0 Å². The molecule has 15 heavy (non-hydrogen) atoms. The number of hydrogen-bond acceptors (Lipinski definition) is 2. The maximum Gasteiger partial charge on any atom is 0.00669 e. The maximum absolute atomic E-state index is 3.76. The minimum atomic E-state index is 0.769. The highest BCUT2D eigenvalue weighted by molar-refractivity contribution is 4.76. The topological polar surface area (TPSA) is 15.3 Å². The van der Waals surface area contributed by atoms with Gasteiger partial charge in [0.25, 0.3) is 0 Å². The normalized spacial score (nSPS) is 22.8. The minimum Gasteiger partial charge on any atom is -0.314 e. The molecule has 90 valence electrons. The Balaban J connectivity index is 2.15. The molecule has 0 aromatic heterocycles. The molecular weight excluding hydrogens is 184 g/mol. The van der Waals surface area contributed by atoms with Gasteiger partial charge in [0, 0.05) is 12.6 Å². The van der Waals surface area contributed by atoms with E-state index < -0.39 is 0 Å². The summed E-state index contributed by atoms with van der Waals surface area (Å²) in [5.74, 6) is 0.895. The summed E-state index contributed by atoms with van der Waals surface area (Å²) in [6.45, 7) is 8.38. The summed E-state index contributed by atoms with van der Waals surface area (Å²) in [4.78, 5) is 2.45. The summed E-state index contributed by atoms with van der Waals surface area (Å²) in [6, 6.07) is 0.769. The molecular formula is C13H28N2. The second kappa shape index (κ2) is 7.24. The highest BCUT2D eigenvalue weighted by Crippen LogP contribution is 2.14. The Morgan fingerprint density at radius 3 is 2.40 bits per heavy atom. The second-order valence-corrected chi connectivity index (χ2v) is 5.10. The third-order valence-electron chi connectivity index (χ3n) is 3.46. The molecule has 1 saturated heterocycles. The van der Waals surface area contributed by atoms with Crippen LogP contribution in [0, 0.1) is 5.92 Å². The zero-order valence-electron chi connectivity index (χ0n) is 10.8. The van der Waals surface area contributed by atoms with E-state index in [2.05, 4.69) is 31.1 Å². The molecule has 0 amide bonds. The monoisotopic (exact) mass is 212 g/mol. The summed E-state index contributed by atoms with van der Waals surface area (Å²) < 4.78 is 0. The first-order valence-corrected chi connectivity index (χ1v) is 6.68. The Kier molecular flexibility index (Phi) is 6.26. The summed E-state index contributed by atoms with van der Waals surface area (Å²) in [7, 11) is 2.23. The predicted molar refractivity (Wildman–Crippen MR) is 67.2 cm³/mol. The summed E-state index contributed by atoms with van der Waals surface area (Å²) in [6.07, 6.45) is 6.69. The number of likely N-dealkylation sites (tertiary alicyclic amines) is 1. The Morgan fingerprint density at radius 1 is 1.27 bits per heavy atom. The van der Waals surface area contributed by atoms with Crippen molar-refractivity contribution in [1.82, 2.24) is 10.2 Å². The third-order valence-corrected chi connectivity index (χ3v) is 3.46. The van der Waals surface area contributed by atoms with E-state index in [4.69, 9.17) is 0 Å². The van der Waals surface area contributed by atoms with Crippen LogP contribution < -0.4 is 5.32 Å². The molecule has 0 radical (unpaired) electrons. The molecule has 1 unspecified atom stereocenters. The van der Waals surface area contributed by atoms with Gasteiger partial charge >= 0.3 is 0 Å². The first kappa shape index (κ1) is 13.0. The average molecular weight is 212 g/mol. The van der Waals surface area contributed by atoms with E-state index >= 15 is 0 Å². The highest BCUT2D eigenvalue weighted by Gasteiger charge is 2.19. The van der Waals surface area contributed by atoms with E-state index in [0.29, 0.717) is 0 Å². The van der Waals surface area contributed by atoms with E-state index in [9.17, 15) is 0 Å². The van der Waals surface area contributed by atoms with Crippen molar-refractivity contribution in [2.24, 2.45) is 5.92 Å². The fourth-order valence-electron chi connectivity index (χ4n) is 2.57. The van der Waals surface area contributed by atoms with Gasteiger partial charge in [-0.3, -0.25) is 0 Å². The predicted octanol–water partition coefficient (Wildman–Crippen LogP) is 2.50. The fourth-order valence-corrected chi connectivity index (χ4v) is 2.57. The Labute approximate surface area is 95.4 Å². The Hall–Kier alpha value is -0.0800. The van der Waals surface area contributed by atoms with E-state index in [1.807, 2.05) is 0 Å². The minimum absolute atomic E-state index is 0.769. The zero-order valence-corrected chi connectivity index (χ0v) is 10.8. The van der Waals surface area contributed by atoms with Gasteiger partial charge < -0.3 is 10.2 Å². The van der Waals surface area contributed by atoms with Gasteiger partial charge in [-0.05, 0) is 45.3 Å². The molecule has 1 heterocycles. The summed E-state index contributed by atoms with van der Waals surface area (Å²) in [5.41, 5.74) is 0. The van der Waals surface area contributed by atoms with Crippen molar-refractivity contribution in [2.75, 3.05) is 26.7 Å². The van der Waals surface area contributed by atoms with E-state index in [1.165, 1.54) is 51.7 Å². The second-order valence-electron chi connectivity index (χ2n) is 5.10. The van der Waals surface area contributed by atoms with Gasteiger partial charge in [0.2, 0.25) is 0 Å². The summed E-state index contributed by atoms with van der Waals surface area (Å²) in [5, 5.41) is 3.76. The molecule has 2 nitrogen and oxygen atoms in total. The molecule has 1 aliphatic rings. The van der Waals surface area contributed by atoms with Crippen LogP contribution in [0.2, 0.25) is 0 Å². The van der Waals surface area contributed by atoms with Gasteiger partial charge in [-0.2, -0.15) is 0 Å². The van der Waals surface area contributed by atoms with Crippen molar-refractivity contribution < 1.29 is 0 Å². The Bertz CT molecular complexity index is 153. The van der Waals surface area contributed by atoms with Gasteiger partial charge in [0.15, 0.2) is 0 Å². The van der Waals surface area contributed by atoms with Crippen LogP contribution in [0.1, 0.15) is 46.0 Å². The van der Waals surface area contributed by atoms with E-state index in [1.54, 1.807) is 0 Å². The molecule has 1 fully saturated rings. The van der Waals surface area contributed by atoms with Crippen LogP contribution in [0.4, 0.5) is 0 Å². The van der Waals surface area contributed by atoms with Gasteiger partial charge in [-0.15, -0.1) is 0 Å². The van der Waals surface area contributed by atoms with Crippen molar-refractivity contribution in [3.8, 4) is 0 Å². The van der Waals surface area contributed by atoms with Crippen LogP contribution in [-0.4, -0.2) is 37.6 Å². The maximum atomic E-state index is 3.76. The third kappa shape index (κ3) is 4.98.